The molecule has 2 saturated carbocycles. The molecule has 3 rings (SSSR count). The number of anilines is 1. The minimum atomic E-state index is -1.02. The van der Waals surface area contributed by atoms with Gasteiger partial charge in [0.25, 0.3) is 0 Å². The molecule has 0 saturated heterocycles. The summed E-state index contributed by atoms with van der Waals surface area (Å²) >= 11 is 0. The van der Waals surface area contributed by atoms with Crippen molar-refractivity contribution in [3.63, 3.8) is 0 Å². The van der Waals surface area contributed by atoms with Crippen LogP contribution in [0.5, 0.6) is 0 Å². The first-order chi connectivity index (χ1) is 10.1. The number of aryl methyl sites for hydroxylation is 1. The third kappa shape index (κ3) is 3.17. The summed E-state index contributed by atoms with van der Waals surface area (Å²) < 4.78 is 0. The summed E-state index contributed by atoms with van der Waals surface area (Å²) in [4.78, 5) is 23.5. The Balaban J connectivity index is 1.69. The van der Waals surface area contributed by atoms with Crippen LogP contribution >= 0.6 is 0 Å². The molecule has 0 unspecified atom stereocenters. The van der Waals surface area contributed by atoms with E-state index in [0.717, 1.165) is 0 Å². The van der Waals surface area contributed by atoms with E-state index in [9.17, 15) is 14.7 Å². The monoisotopic (exact) mass is 288 g/mol. The summed E-state index contributed by atoms with van der Waals surface area (Å²) in [6.07, 6.45) is 4.75. The average molecular weight is 288 g/mol. The number of aromatic carboxylic acids is 1. The topological polar surface area (TPSA) is 78.4 Å². The van der Waals surface area contributed by atoms with Crippen LogP contribution in [0.25, 0.3) is 0 Å². The maximum absolute atomic E-state index is 12.2. The van der Waals surface area contributed by atoms with Gasteiger partial charge in [0.2, 0.25) is 0 Å². The van der Waals surface area contributed by atoms with E-state index in [1.54, 1.807) is 25.1 Å². The largest absolute Gasteiger partial charge is 0.478 e. The van der Waals surface area contributed by atoms with Crippen LogP contribution < -0.4 is 10.6 Å². The first-order valence-corrected chi connectivity index (χ1v) is 7.46. The van der Waals surface area contributed by atoms with Gasteiger partial charge >= 0.3 is 12.0 Å². The lowest BCUT2D eigenvalue weighted by Crippen LogP contribution is -2.41. The van der Waals surface area contributed by atoms with Gasteiger partial charge in [-0.25, -0.2) is 9.59 Å². The standard InChI is InChI=1S/C16H20N2O3/c1-9-3-2-4-12(13(9)15(19)20)17-16(21)18-14(10-5-6-10)11-7-8-11/h2-4,10-11,14H,5-8H2,1H3,(H,19,20)(H2,17,18,21). The molecule has 0 atom stereocenters. The molecular formula is C16H20N2O3. The van der Waals surface area contributed by atoms with Crippen LogP contribution in [0.2, 0.25) is 0 Å². The van der Waals surface area contributed by atoms with Crippen molar-refractivity contribution in [2.45, 2.75) is 38.6 Å². The van der Waals surface area contributed by atoms with E-state index in [1.165, 1.54) is 25.7 Å². The average Bonchev–Trinajstić information content (AvgIpc) is 3.27. The van der Waals surface area contributed by atoms with Crippen molar-refractivity contribution >= 4 is 17.7 Å². The molecule has 0 bridgehead atoms. The molecular weight excluding hydrogens is 268 g/mol. The highest BCUT2D eigenvalue weighted by Gasteiger charge is 2.42. The van der Waals surface area contributed by atoms with Crippen LogP contribution in [0.15, 0.2) is 18.2 Å². The minimum Gasteiger partial charge on any atom is -0.478 e. The number of carbonyl (C=O) groups excluding carboxylic acids is 1. The Morgan fingerprint density at radius 3 is 2.33 bits per heavy atom. The van der Waals surface area contributed by atoms with Crippen molar-refractivity contribution in [2.24, 2.45) is 11.8 Å². The van der Waals surface area contributed by atoms with Crippen LogP contribution in [0, 0.1) is 18.8 Å². The third-order valence-corrected chi connectivity index (χ3v) is 4.29. The lowest BCUT2D eigenvalue weighted by atomic mass is 10.1. The number of hydrogen-bond acceptors (Lipinski definition) is 2. The van der Waals surface area contributed by atoms with Gasteiger partial charge in [-0.2, -0.15) is 0 Å². The first kappa shape index (κ1) is 13.9. The molecule has 1 aromatic carbocycles. The number of hydrogen-bond donors (Lipinski definition) is 3. The Morgan fingerprint density at radius 1 is 1.19 bits per heavy atom. The Hall–Kier alpha value is -2.04. The molecule has 0 aromatic heterocycles. The van der Waals surface area contributed by atoms with Crippen molar-refractivity contribution in [3.8, 4) is 0 Å². The van der Waals surface area contributed by atoms with Crippen molar-refractivity contribution in [1.29, 1.82) is 0 Å². The van der Waals surface area contributed by atoms with Crippen molar-refractivity contribution in [2.75, 3.05) is 5.32 Å². The molecule has 112 valence electrons. The minimum absolute atomic E-state index is 0.155. The van der Waals surface area contributed by atoms with E-state index < -0.39 is 5.97 Å². The predicted octanol–water partition coefficient (Wildman–Crippen LogP) is 3.00. The number of rotatable bonds is 5. The second-order valence-corrected chi connectivity index (χ2v) is 6.10. The highest BCUT2D eigenvalue weighted by molar-refractivity contribution is 6.01. The van der Waals surface area contributed by atoms with Crippen molar-refractivity contribution in [1.82, 2.24) is 5.32 Å². The van der Waals surface area contributed by atoms with Crippen molar-refractivity contribution in [3.05, 3.63) is 29.3 Å². The smallest absolute Gasteiger partial charge is 0.338 e. The SMILES string of the molecule is Cc1cccc(NC(=O)NC(C2CC2)C2CC2)c1C(=O)O. The normalized spacial score (nSPS) is 17.6. The number of carbonyl (C=O) groups is 2. The third-order valence-electron chi connectivity index (χ3n) is 4.29. The number of carboxylic acids is 1. The molecule has 3 N–H and O–H groups in total. The Morgan fingerprint density at radius 2 is 1.81 bits per heavy atom. The highest BCUT2D eigenvalue weighted by Crippen LogP contribution is 2.44. The second-order valence-electron chi connectivity index (χ2n) is 6.10. The van der Waals surface area contributed by atoms with Gasteiger partial charge in [0.1, 0.15) is 0 Å². The lowest BCUT2D eigenvalue weighted by Gasteiger charge is -2.19. The zero-order valence-electron chi connectivity index (χ0n) is 12.1. The van der Waals surface area contributed by atoms with Crippen LogP contribution in [0.1, 0.15) is 41.6 Å². The molecule has 2 amide bonds. The molecule has 2 fully saturated rings. The summed E-state index contributed by atoms with van der Waals surface area (Å²) in [5.74, 6) is 0.198. The van der Waals surface area contributed by atoms with E-state index >= 15 is 0 Å². The van der Waals surface area contributed by atoms with Gasteiger partial charge in [0.15, 0.2) is 0 Å². The van der Waals surface area contributed by atoms with Crippen molar-refractivity contribution < 1.29 is 14.7 Å². The maximum atomic E-state index is 12.2. The number of urea groups is 1. The highest BCUT2D eigenvalue weighted by atomic mass is 16.4. The Bertz CT molecular complexity index is 565. The summed E-state index contributed by atoms with van der Waals surface area (Å²) in [5.41, 5.74) is 1.15. The molecule has 5 heteroatoms. The van der Waals surface area contributed by atoms with Gasteiger partial charge in [-0.3, -0.25) is 0 Å². The van der Waals surface area contributed by atoms with Crippen LogP contribution in [0.4, 0.5) is 10.5 Å². The number of carboxylic acid groups (broad SMARTS) is 1. The Labute approximate surface area is 123 Å². The molecule has 21 heavy (non-hydrogen) atoms. The summed E-state index contributed by atoms with van der Waals surface area (Å²) in [6, 6.07) is 5.05. The summed E-state index contributed by atoms with van der Waals surface area (Å²) in [5, 5.41) is 15.0. The number of nitrogens with one attached hydrogen (secondary N) is 2. The quantitative estimate of drug-likeness (QED) is 0.779. The van der Waals surface area contributed by atoms with Crippen LogP contribution in [-0.4, -0.2) is 23.1 Å². The molecule has 2 aliphatic rings. The number of benzene rings is 1. The van der Waals surface area contributed by atoms with Crippen LogP contribution in [0.3, 0.4) is 0 Å². The Kier molecular flexibility index (Phi) is 3.57. The lowest BCUT2D eigenvalue weighted by molar-refractivity contribution is 0.0697. The molecule has 1 aromatic rings. The van der Waals surface area contributed by atoms with Gasteiger partial charge in [0, 0.05) is 6.04 Å². The van der Waals surface area contributed by atoms with E-state index in [4.69, 9.17) is 0 Å². The van der Waals surface area contributed by atoms with E-state index in [0.29, 0.717) is 23.1 Å². The molecule has 0 heterocycles. The summed E-state index contributed by atoms with van der Waals surface area (Å²) in [6.45, 7) is 1.73. The molecule has 5 nitrogen and oxygen atoms in total. The van der Waals surface area contributed by atoms with Gasteiger partial charge < -0.3 is 15.7 Å². The zero-order chi connectivity index (χ0) is 15.0. The van der Waals surface area contributed by atoms with Crippen LogP contribution in [-0.2, 0) is 0 Å². The van der Waals surface area contributed by atoms with E-state index in [2.05, 4.69) is 10.6 Å². The van der Waals surface area contributed by atoms with Gasteiger partial charge in [-0.05, 0) is 56.1 Å². The maximum Gasteiger partial charge on any atom is 0.338 e. The fourth-order valence-electron chi connectivity index (χ4n) is 2.90. The molecule has 0 aliphatic heterocycles. The van der Waals surface area contributed by atoms with E-state index in [1.807, 2.05) is 0 Å². The zero-order valence-corrected chi connectivity index (χ0v) is 12.1. The van der Waals surface area contributed by atoms with E-state index in [-0.39, 0.29) is 17.6 Å². The fraction of sp³-hybridized carbons (Fsp3) is 0.500. The molecule has 2 aliphatic carbocycles. The van der Waals surface area contributed by atoms with Gasteiger partial charge in [-0.15, -0.1) is 0 Å². The molecule has 0 spiro atoms. The number of amides is 2. The molecule has 0 radical (unpaired) electrons. The fourth-order valence-corrected chi connectivity index (χ4v) is 2.90. The van der Waals surface area contributed by atoms with Gasteiger partial charge in [-0.1, -0.05) is 12.1 Å². The second kappa shape index (κ2) is 5.39. The summed E-state index contributed by atoms with van der Waals surface area (Å²) in [7, 11) is 0. The first-order valence-electron chi connectivity index (χ1n) is 7.46. The predicted molar refractivity (Wildman–Crippen MR) is 79.5 cm³/mol. The van der Waals surface area contributed by atoms with Gasteiger partial charge in [0.05, 0.1) is 11.3 Å².